The Morgan fingerprint density at radius 2 is 2.22 bits per heavy atom. The van der Waals surface area contributed by atoms with E-state index >= 15 is 0 Å². The highest BCUT2D eigenvalue weighted by molar-refractivity contribution is 6.31. The minimum Gasteiger partial charge on any atom is -0.481 e. The Labute approximate surface area is 139 Å². The van der Waals surface area contributed by atoms with Gasteiger partial charge >= 0.3 is 5.97 Å². The molecule has 1 heterocycles. The second-order valence-corrected chi connectivity index (χ2v) is 6.22. The van der Waals surface area contributed by atoms with E-state index in [0.717, 1.165) is 6.07 Å². The third-order valence-electron chi connectivity index (χ3n) is 4.26. The number of ether oxygens (including phenoxy) is 1. The van der Waals surface area contributed by atoms with Crippen LogP contribution in [-0.2, 0) is 9.53 Å². The van der Waals surface area contributed by atoms with Gasteiger partial charge in [0, 0.05) is 31.8 Å². The van der Waals surface area contributed by atoms with Crippen LogP contribution in [0, 0.1) is 11.2 Å². The number of benzene rings is 1. The Morgan fingerprint density at radius 1 is 1.48 bits per heavy atom. The molecule has 1 aliphatic rings. The lowest BCUT2D eigenvalue weighted by Gasteiger charge is -2.40. The fraction of sp³-hybridized carbons (Fsp3) is 0.500. The number of nitrogens with zero attached hydrogens (tertiary/aromatic N) is 1. The van der Waals surface area contributed by atoms with Crippen molar-refractivity contribution in [3.8, 4) is 0 Å². The SMILES string of the molecule is COCC[C@@]1(C(=O)O)CCCN(C(=O)c2cc(Cl)ccc2F)C1. The summed E-state index contributed by atoms with van der Waals surface area (Å²) in [6.07, 6.45) is 1.32. The predicted molar refractivity (Wildman–Crippen MR) is 83.1 cm³/mol. The molecule has 0 radical (unpaired) electrons. The van der Waals surface area contributed by atoms with Crippen molar-refractivity contribution in [2.75, 3.05) is 26.8 Å². The van der Waals surface area contributed by atoms with Crippen molar-refractivity contribution in [1.29, 1.82) is 0 Å². The Balaban J connectivity index is 2.24. The molecule has 1 saturated heterocycles. The zero-order chi connectivity index (χ0) is 17.0. The maximum atomic E-state index is 13.9. The summed E-state index contributed by atoms with van der Waals surface area (Å²) in [7, 11) is 1.50. The molecular formula is C16H19ClFNO4. The van der Waals surface area contributed by atoms with Gasteiger partial charge in [-0.15, -0.1) is 0 Å². The maximum absolute atomic E-state index is 13.9. The van der Waals surface area contributed by atoms with Crippen LogP contribution in [0.15, 0.2) is 18.2 Å². The maximum Gasteiger partial charge on any atom is 0.311 e. The summed E-state index contributed by atoms with van der Waals surface area (Å²) in [6, 6.07) is 3.77. The quantitative estimate of drug-likeness (QED) is 0.892. The third kappa shape index (κ3) is 3.82. The van der Waals surface area contributed by atoms with Crippen LogP contribution in [0.3, 0.4) is 0 Å². The molecule has 0 aliphatic carbocycles. The molecule has 1 N–H and O–H groups in total. The summed E-state index contributed by atoms with van der Waals surface area (Å²) in [5.41, 5.74) is -1.19. The highest BCUT2D eigenvalue weighted by Gasteiger charge is 2.43. The summed E-state index contributed by atoms with van der Waals surface area (Å²) in [4.78, 5) is 25.7. The molecule has 1 atom stereocenters. The van der Waals surface area contributed by atoms with Gasteiger partial charge in [0.1, 0.15) is 5.82 Å². The van der Waals surface area contributed by atoms with Crippen molar-refractivity contribution >= 4 is 23.5 Å². The summed E-state index contributed by atoms with van der Waals surface area (Å²) in [6.45, 7) is 0.725. The molecule has 1 aromatic rings. The van der Waals surface area contributed by atoms with E-state index in [1.807, 2.05) is 0 Å². The number of carboxylic acids is 1. The highest BCUT2D eigenvalue weighted by atomic mass is 35.5. The van der Waals surface area contributed by atoms with Gasteiger partial charge in [-0.25, -0.2) is 4.39 Å². The Hall–Kier alpha value is -1.66. The number of likely N-dealkylation sites (tertiary alicyclic amines) is 1. The predicted octanol–water partition coefficient (Wildman–Crippen LogP) is 2.82. The normalized spacial score (nSPS) is 21.3. The summed E-state index contributed by atoms with van der Waals surface area (Å²) in [5, 5.41) is 9.86. The van der Waals surface area contributed by atoms with Gasteiger partial charge in [0.25, 0.3) is 5.91 Å². The van der Waals surface area contributed by atoms with Crippen LogP contribution in [0.5, 0.6) is 0 Å². The first-order chi connectivity index (χ1) is 10.9. The van der Waals surface area contributed by atoms with Gasteiger partial charge in [0.05, 0.1) is 11.0 Å². The smallest absolute Gasteiger partial charge is 0.311 e. The lowest BCUT2D eigenvalue weighted by Crippen LogP contribution is -2.50. The number of aliphatic carboxylic acids is 1. The number of carbonyl (C=O) groups is 2. The Morgan fingerprint density at radius 3 is 2.87 bits per heavy atom. The van der Waals surface area contributed by atoms with Gasteiger partial charge in [-0.2, -0.15) is 0 Å². The standard InChI is InChI=1S/C16H19ClFNO4/c1-23-8-6-16(15(21)22)5-2-7-19(10-16)14(20)12-9-11(17)3-4-13(12)18/h3-4,9H,2,5-8,10H2,1H3,(H,21,22)/t16-/m0/s1. The molecule has 0 bridgehead atoms. The number of piperidine rings is 1. The first-order valence-corrected chi connectivity index (χ1v) is 7.74. The third-order valence-corrected chi connectivity index (χ3v) is 4.50. The topological polar surface area (TPSA) is 66.8 Å². The van der Waals surface area contributed by atoms with Crippen molar-refractivity contribution in [3.63, 3.8) is 0 Å². The molecule has 126 valence electrons. The minimum absolute atomic E-state index is 0.0382. The molecule has 1 amide bonds. The molecule has 1 aromatic carbocycles. The lowest BCUT2D eigenvalue weighted by atomic mass is 9.77. The van der Waals surface area contributed by atoms with Gasteiger partial charge in [-0.1, -0.05) is 11.6 Å². The number of hydrogen-bond donors (Lipinski definition) is 1. The summed E-state index contributed by atoms with van der Waals surface area (Å²) >= 11 is 5.83. The number of amides is 1. The molecular weight excluding hydrogens is 325 g/mol. The lowest BCUT2D eigenvalue weighted by molar-refractivity contribution is -0.153. The van der Waals surface area contributed by atoms with Crippen LogP contribution in [0.4, 0.5) is 4.39 Å². The first-order valence-electron chi connectivity index (χ1n) is 7.36. The van der Waals surface area contributed by atoms with Crippen molar-refractivity contribution < 1.29 is 23.8 Å². The highest BCUT2D eigenvalue weighted by Crippen LogP contribution is 2.35. The van der Waals surface area contributed by atoms with E-state index in [1.165, 1.54) is 24.1 Å². The molecule has 1 aliphatic heterocycles. The number of halogens is 2. The number of methoxy groups -OCH3 is 1. The van der Waals surface area contributed by atoms with Crippen LogP contribution in [0.1, 0.15) is 29.6 Å². The fourth-order valence-corrected chi connectivity index (χ4v) is 3.09. The average molecular weight is 344 g/mol. The van der Waals surface area contributed by atoms with Gasteiger partial charge < -0.3 is 14.7 Å². The van der Waals surface area contributed by atoms with E-state index in [0.29, 0.717) is 32.4 Å². The Kier molecular flexibility index (Phi) is 5.59. The van der Waals surface area contributed by atoms with E-state index in [2.05, 4.69) is 0 Å². The van der Waals surface area contributed by atoms with E-state index < -0.39 is 23.1 Å². The average Bonchev–Trinajstić information content (AvgIpc) is 2.54. The van der Waals surface area contributed by atoms with E-state index in [4.69, 9.17) is 16.3 Å². The molecule has 0 aromatic heterocycles. The molecule has 2 rings (SSSR count). The van der Waals surface area contributed by atoms with E-state index in [1.54, 1.807) is 0 Å². The van der Waals surface area contributed by atoms with Crippen molar-refractivity contribution in [3.05, 3.63) is 34.6 Å². The molecule has 0 unspecified atom stereocenters. The van der Waals surface area contributed by atoms with Crippen LogP contribution < -0.4 is 0 Å². The minimum atomic E-state index is -1.06. The number of hydrogen-bond acceptors (Lipinski definition) is 3. The molecule has 23 heavy (non-hydrogen) atoms. The Bertz CT molecular complexity index is 610. The summed E-state index contributed by atoms with van der Waals surface area (Å²) < 4.78 is 18.9. The van der Waals surface area contributed by atoms with Crippen LogP contribution in [-0.4, -0.2) is 48.7 Å². The summed E-state index contributed by atoms with van der Waals surface area (Å²) in [5.74, 6) is -2.16. The van der Waals surface area contributed by atoms with Gasteiger partial charge in [0.2, 0.25) is 0 Å². The monoisotopic (exact) mass is 343 g/mol. The molecule has 1 fully saturated rings. The zero-order valence-electron chi connectivity index (χ0n) is 12.8. The van der Waals surface area contributed by atoms with Crippen LogP contribution in [0.25, 0.3) is 0 Å². The van der Waals surface area contributed by atoms with Gasteiger partial charge in [-0.3, -0.25) is 9.59 Å². The molecule has 5 nitrogen and oxygen atoms in total. The van der Waals surface area contributed by atoms with Crippen molar-refractivity contribution in [2.45, 2.75) is 19.3 Å². The van der Waals surface area contributed by atoms with E-state index in [9.17, 15) is 19.1 Å². The first kappa shape index (κ1) is 17.7. The van der Waals surface area contributed by atoms with Crippen molar-refractivity contribution in [2.24, 2.45) is 5.41 Å². The molecule has 7 heteroatoms. The number of carbonyl (C=O) groups excluding carboxylic acids is 1. The molecule has 0 spiro atoms. The van der Waals surface area contributed by atoms with Gasteiger partial charge in [0.15, 0.2) is 0 Å². The zero-order valence-corrected chi connectivity index (χ0v) is 13.6. The van der Waals surface area contributed by atoms with Crippen LogP contribution in [0.2, 0.25) is 5.02 Å². The molecule has 0 saturated carbocycles. The second-order valence-electron chi connectivity index (χ2n) is 5.78. The number of carboxylic acid groups (broad SMARTS) is 1. The fourth-order valence-electron chi connectivity index (χ4n) is 2.92. The van der Waals surface area contributed by atoms with Gasteiger partial charge in [-0.05, 0) is 37.5 Å². The van der Waals surface area contributed by atoms with Crippen molar-refractivity contribution in [1.82, 2.24) is 4.90 Å². The van der Waals surface area contributed by atoms with E-state index in [-0.39, 0.29) is 17.1 Å². The second kappa shape index (κ2) is 7.27. The number of rotatable bonds is 5. The van der Waals surface area contributed by atoms with Crippen LogP contribution >= 0.6 is 11.6 Å². The largest absolute Gasteiger partial charge is 0.481 e.